The lowest BCUT2D eigenvalue weighted by atomic mass is 10.0. The van der Waals surface area contributed by atoms with Crippen LogP contribution < -0.4 is 15.0 Å². The number of rotatable bonds is 9. The number of morpholine rings is 1. The van der Waals surface area contributed by atoms with E-state index in [4.69, 9.17) is 14.2 Å². The SMILES string of the molecule is COc1ccc([C@H](O)CNC2CN(S(=O)(=O)C(F)(F)F)C(=O)C2c2nc3c(C)cc(N4CCOCC4)cc3n2C(=O)OC(C)(C)C)cc1CI. The number of alkyl halides is 4. The molecule has 2 unspecified atom stereocenters. The summed E-state index contributed by atoms with van der Waals surface area (Å²) in [7, 11) is -4.62. The zero-order chi connectivity index (χ0) is 36.8. The largest absolute Gasteiger partial charge is 0.516 e. The maximum absolute atomic E-state index is 13.9. The maximum atomic E-state index is 13.9. The first-order chi connectivity index (χ1) is 23.4. The van der Waals surface area contributed by atoms with Gasteiger partial charge in [-0.3, -0.25) is 4.79 Å². The van der Waals surface area contributed by atoms with Crippen molar-refractivity contribution in [3.63, 3.8) is 0 Å². The molecule has 3 aromatic rings. The van der Waals surface area contributed by atoms with Crippen LogP contribution in [0.3, 0.4) is 0 Å². The van der Waals surface area contributed by atoms with Crippen LogP contribution in [0.5, 0.6) is 5.75 Å². The molecule has 1 aromatic heterocycles. The molecule has 0 radical (unpaired) electrons. The van der Waals surface area contributed by atoms with E-state index in [1.165, 1.54) is 7.11 Å². The number of benzene rings is 2. The highest BCUT2D eigenvalue weighted by atomic mass is 127. The zero-order valence-electron chi connectivity index (χ0n) is 28.1. The Bertz CT molecular complexity index is 1880. The molecule has 1 amide bonds. The van der Waals surface area contributed by atoms with E-state index in [9.17, 15) is 36.3 Å². The molecule has 5 rings (SSSR count). The summed E-state index contributed by atoms with van der Waals surface area (Å²) >= 11 is 2.14. The van der Waals surface area contributed by atoms with Gasteiger partial charge in [0.1, 0.15) is 23.1 Å². The highest BCUT2D eigenvalue weighted by Crippen LogP contribution is 2.39. The average molecular weight is 838 g/mol. The number of aromatic nitrogens is 2. The quantitative estimate of drug-likeness (QED) is 0.234. The Morgan fingerprint density at radius 2 is 1.86 bits per heavy atom. The first-order valence-corrected chi connectivity index (χ1v) is 18.7. The van der Waals surface area contributed by atoms with Gasteiger partial charge >= 0.3 is 21.6 Å². The number of anilines is 1. The summed E-state index contributed by atoms with van der Waals surface area (Å²) in [5, 5.41) is 14.0. The average Bonchev–Trinajstić information content (AvgIpc) is 3.60. The van der Waals surface area contributed by atoms with Crippen LogP contribution in [0.2, 0.25) is 0 Å². The topological polar surface area (TPSA) is 153 Å². The van der Waals surface area contributed by atoms with Gasteiger partial charge in [-0.15, -0.1) is 0 Å². The van der Waals surface area contributed by atoms with Crippen molar-refractivity contribution in [2.45, 2.75) is 61.3 Å². The normalized spacial score (nSPS) is 19.7. The van der Waals surface area contributed by atoms with Crippen molar-refractivity contribution in [3.8, 4) is 5.75 Å². The number of sulfonamides is 1. The van der Waals surface area contributed by atoms with Crippen LogP contribution >= 0.6 is 22.6 Å². The second-order valence-corrected chi connectivity index (χ2v) is 15.7. The van der Waals surface area contributed by atoms with E-state index in [2.05, 4.69) is 32.9 Å². The minimum Gasteiger partial charge on any atom is -0.496 e. The number of nitrogens with zero attached hydrogens (tertiary/aromatic N) is 4. The molecule has 0 bridgehead atoms. The van der Waals surface area contributed by atoms with E-state index >= 15 is 0 Å². The number of aryl methyl sites for hydroxylation is 1. The van der Waals surface area contributed by atoms with Crippen LogP contribution in [0.4, 0.5) is 23.7 Å². The fourth-order valence-corrected chi connectivity index (χ4v) is 7.62. The number of halogens is 4. The van der Waals surface area contributed by atoms with E-state index in [-0.39, 0.29) is 27.7 Å². The molecule has 274 valence electrons. The van der Waals surface area contributed by atoms with Crippen molar-refractivity contribution in [2.75, 3.05) is 51.4 Å². The molecule has 2 N–H and O–H groups in total. The van der Waals surface area contributed by atoms with Gasteiger partial charge in [0.25, 0.3) is 0 Å². The molecule has 0 aliphatic carbocycles. The molecule has 0 spiro atoms. The molecule has 2 aliphatic heterocycles. The van der Waals surface area contributed by atoms with Crippen LogP contribution in [0.15, 0.2) is 30.3 Å². The predicted molar refractivity (Wildman–Crippen MR) is 186 cm³/mol. The number of aliphatic hydroxyl groups excluding tert-OH is 1. The van der Waals surface area contributed by atoms with Crippen molar-refractivity contribution < 1.29 is 50.5 Å². The molecule has 2 fully saturated rings. The fraction of sp³-hybridized carbons (Fsp3) is 0.531. The van der Waals surface area contributed by atoms with Crippen molar-refractivity contribution in [3.05, 3.63) is 52.8 Å². The Morgan fingerprint density at radius 1 is 1.18 bits per heavy atom. The highest BCUT2D eigenvalue weighted by Gasteiger charge is 2.58. The van der Waals surface area contributed by atoms with Gasteiger partial charge in [-0.25, -0.2) is 18.7 Å². The number of amides is 1. The number of fused-ring (bicyclic) bond motifs is 1. The molecule has 18 heteroatoms. The van der Waals surface area contributed by atoms with Gasteiger partial charge in [0.2, 0.25) is 5.91 Å². The Hall–Kier alpha value is -3.20. The van der Waals surface area contributed by atoms with Gasteiger partial charge < -0.3 is 29.5 Å². The number of nitrogens with one attached hydrogen (secondary N) is 1. The van der Waals surface area contributed by atoms with E-state index in [1.807, 2.05) is 11.0 Å². The predicted octanol–water partition coefficient (Wildman–Crippen LogP) is 4.38. The fourth-order valence-electron chi connectivity index (χ4n) is 6.07. The third-order valence-electron chi connectivity index (χ3n) is 8.46. The number of carbonyl (C=O) groups excluding carboxylic acids is 2. The summed E-state index contributed by atoms with van der Waals surface area (Å²) in [6.07, 6.45) is -2.17. The first-order valence-electron chi connectivity index (χ1n) is 15.7. The number of carbonyl (C=O) groups is 2. The smallest absolute Gasteiger partial charge is 0.496 e. The third kappa shape index (κ3) is 7.54. The van der Waals surface area contributed by atoms with Crippen molar-refractivity contribution >= 4 is 61.3 Å². The third-order valence-corrected chi connectivity index (χ3v) is 10.8. The molecular formula is C32H39F3IN5O8S. The molecule has 0 saturated carbocycles. The standard InChI is InChI=1S/C32H39F3IN5O8S/c1-18-12-21(39-8-10-48-11-9-39)14-23-27(18)38-28(41(23)30(44)49-31(2,3)4)26-22(17-40(29(26)43)50(45,46)32(33,34)35)37-16-24(42)19-6-7-25(47-5)20(13-19)15-36/h6-7,12-14,22,24,26,37,42H,8-11,15-17H2,1-5H3/t22?,24-,26?/m1/s1. The van der Waals surface area contributed by atoms with E-state index < -0.39 is 57.7 Å². The number of aliphatic hydroxyl groups is 1. The summed E-state index contributed by atoms with van der Waals surface area (Å²) in [4.78, 5) is 34.5. The van der Waals surface area contributed by atoms with Crippen LogP contribution in [-0.2, 0) is 28.7 Å². The van der Waals surface area contributed by atoms with Gasteiger partial charge in [-0.2, -0.15) is 21.6 Å². The summed E-state index contributed by atoms with van der Waals surface area (Å²) in [5.41, 5.74) is -3.74. The first kappa shape index (κ1) is 38.0. The zero-order valence-corrected chi connectivity index (χ0v) is 31.1. The molecule has 13 nitrogen and oxygen atoms in total. The second-order valence-electron chi connectivity index (χ2n) is 13.0. The Balaban J connectivity index is 1.62. The minimum atomic E-state index is -6.13. The molecule has 2 aromatic carbocycles. The summed E-state index contributed by atoms with van der Waals surface area (Å²) in [6, 6.07) is 7.18. The van der Waals surface area contributed by atoms with Gasteiger partial charge in [-0.1, -0.05) is 28.7 Å². The molecule has 2 aliphatic rings. The number of ether oxygens (including phenoxy) is 3. The summed E-state index contributed by atoms with van der Waals surface area (Å²) < 4.78 is 84.8. The van der Waals surface area contributed by atoms with Crippen LogP contribution in [0.1, 0.15) is 55.3 Å². The second kappa shape index (κ2) is 14.4. The lowest BCUT2D eigenvalue weighted by Gasteiger charge is -2.29. The van der Waals surface area contributed by atoms with E-state index in [0.29, 0.717) is 47.6 Å². The van der Waals surface area contributed by atoms with E-state index in [0.717, 1.165) is 15.8 Å². The Morgan fingerprint density at radius 3 is 2.46 bits per heavy atom. The lowest BCUT2D eigenvalue weighted by Crippen LogP contribution is -2.43. The highest BCUT2D eigenvalue weighted by molar-refractivity contribution is 14.1. The van der Waals surface area contributed by atoms with Crippen molar-refractivity contribution in [1.29, 1.82) is 0 Å². The summed E-state index contributed by atoms with van der Waals surface area (Å²) in [5.74, 6) is -2.83. The van der Waals surface area contributed by atoms with Crippen molar-refractivity contribution in [1.82, 2.24) is 19.2 Å². The molecule has 50 heavy (non-hydrogen) atoms. The van der Waals surface area contributed by atoms with Crippen LogP contribution in [-0.4, -0.2) is 103 Å². The van der Waals surface area contributed by atoms with Gasteiger partial charge in [-0.05, 0) is 63.1 Å². The molecule has 3 atom stereocenters. The Kier molecular flexibility index (Phi) is 11.0. The summed E-state index contributed by atoms with van der Waals surface area (Å²) in [6.45, 7) is 7.47. The van der Waals surface area contributed by atoms with E-state index in [1.54, 1.807) is 52.0 Å². The number of methoxy groups -OCH3 is 1. The molecule has 3 heterocycles. The van der Waals surface area contributed by atoms with Gasteiger partial charge in [0.05, 0.1) is 44.0 Å². The van der Waals surface area contributed by atoms with Crippen LogP contribution in [0.25, 0.3) is 11.0 Å². The molecular weight excluding hydrogens is 798 g/mol. The minimum absolute atomic E-state index is 0.226. The monoisotopic (exact) mass is 837 g/mol. The van der Waals surface area contributed by atoms with Crippen molar-refractivity contribution in [2.24, 2.45) is 0 Å². The number of imidazole rings is 1. The lowest BCUT2D eigenvalue weighted by molar-refractivity contribution is -0.126. The Labute approximate surface area is 301 Å². The van der Waals surface area contributed by atoms with Gasteiger partial charge in [0.15, 0.2) is 0 Å². The van der Waals surface area contributed by atoms with Crippen LogP contribution in [0, 0.1) is 6.92 Å². The molecule has 2 saturated heterocycles. The maximum Gasteiger partial charge on any atom is 0.516 e. The number of hydrogen-bond donors (Lipinski definition) is 2. The number of hydrogen-bond acceptors (Lipinski definition) is 11. The van der Waals surface area contributed by atoms with Gasteiger partial charge in [0, 0.05) is 41.4 Å².